The summed E-state index contributed by atoms with van der Waals surface area (Å²) in [5.74, 6) is 0.538. The van der Waals surface area contributed by atoms with Crippen LogP contribution in [0.5, 0.6) is 5.88 Å². The predicted octanol–water partition coefficient (Wildman–Crippen LogP) is 3.40. The Morgan fingerprint density at radius 2 is 1.86 bits per heavy atom. The molecule has 1 saturated carbocycles. The van der Waals surface area contributed by atoms with Gasteiger partial charge in [0.05, 0.1) is 42.8 Å². The van der Waals surface area contributed by atoms with Crippen molar-refractivity contribution in [1.29, 1.82) is 0 Å². The Kier molecular flexibility index (Phi) is 7.06. The van der Waals surface area contributed by atoms with Gasteiger partial charge in [0.15, 0.2) is 5.82 Å². The highest BCUT2D eigenvalue weighted by atomic mass is 16.5. The molecule has 192 valence electrons. The summed E-state index contributed by atoms with van der Waals surface area (Å²) >= 11 is 0. The van der Waals surface area contributed by atoms with E-state index in [9.17, 15) is 4.79 Å². The number of hydrogen-bond donors (Lipinski definition) is 2. The van der Waals surface area contributed by atoms with E-state index in [-0.39, 0.29) is 42.2 Å². The molecular formula is C26H34N6O4. The molecule has 4 heterocycles. The van der Waals surface area contributed by atoms with Crippen LogP contribution in [-0.4, -0.2) is 63.1 Å². The van der Waals surface area contributed by atoms with E-state index in [1.54, 1.807) is 30.0 Å². The van der Waals surface area contributed by atoms with Crippen LogP contribution in [0.2, 0.25) is 0 Å². The lowest BCUT2D eigenvalue weighted by atomic mass is 9.92. The number of nitrogens with zero attached hydrogens (tertiary/aromatic N) is 4. The van der Waals surface area contributed by atoms with Gasteiger partial charge in [-0.05, 0) is 64.5 Å². The first-order chi connectivity index (χ1) is 17.4. The monoisotopic (exact) mass is 494 g/mol. The molecule has 3 N–H and O–H groups in total. The van der Waals surface area contributed by atoms with Crippen LogP contribution >= 0.6 is 0 Å². The van der Waals surface area contributed by atoms with Gasteiger partial charge >= 0.3 is 0 Å². The number of rotatable bonds is 6. The molecule has 10 nitrogen and oxygen atoms in total. The zero-order valence-corrected chi connectivity index (χ0v) is 21.0. The van der Waals surface area contributed by atoms with Crippen molar-refractivity contribution in [3.8, 4) is 17.1 Å². The number of ether oxygens (including phenoxy) is 3. The van der Waals surface area contributed by atoms with Crippen molar-refractivity contribution in [1.82, 2.24) is 24.9 Å². The molecule has 2 unspecified atom stereocenters. The number of anilines is 1. The molecule has 0 bridgehead atoms. The fourth-order valence-corrected chi connectivity index (χ4v) is 5.46. The van der Waals surface area contributed by atoms with E-state index in [0.717, 1.165) is 44.1 Å². The first-order valence-corrected chi connectivity index (χ1v) is 12.7. The predicted molar refractivity (Wildman–Crippen MR) is 135 cm³/mol. The molecule has 1 aliphatic carbocycles. The fourth-order valence-electron chi connectivity index (χ4n) is 5.46. The van der Waals surface area contributed by atoms with Crippen LogP contribution in [0.1, 0.15) is 62.7 Å². The molecule has 2 atom stereocenters. The SMILES string of the molecule is COc1cc(-c2cc(C(=O)N[C@H]3CC[C@H](OC4CC(C)OC(C)C4)CC3)c3c(N)ncnn23)ccn1. The van der Waals surface area contributed by atoms with E-state index in [2.05, 4.69) is 34.2 Å². The number of nitrogens with one attached hydrogen (secondary N) is 1. The Morgan fingerprint density at radius 3 is 2.58 bits per heavy atom. The summed E-state index contributed by atoms with van der Waals surface area (Å²) in [5.41, 5.74) is 8.64. The molecule has 2 aliphatic rings. The highest BCUT2D eigenvalue weighted by molar-refractivity contribution is 6.05. The normalized spacial score (nSPS) is 26.6. The minimum Gasteiger partial charge on any atom is -0.481 e. The summed E-state index contributed by atoms with van der Waals surface area (Å²) in [7, 11) is 1.56. The molecule has 3 aromatic heterocycles. The van der Waals surface area contributed by atoms with Gasteiger partial charge in [0.1, 0.15) is 11.8 Å². The van der Waals surface area contributed by atoms with Crippen LogP contribution in [-0.2, 0) is 9.47 Å². The molecule has 1 aliphatic heterocycles. The molecule has 0 aromatic carbocycles. The molecule has 3 aromatic rings. The Bertz CT molecular complexity index is 1210. The molecular weight excluding hydrogens is 460 g/mol. The van der Waals surface area contributed by atoms with E-state index >= 15 is 0 Å². The van der Waals surface area contributed by atoms with Gasteiger partial charge in [-0.1, -0.05) is 0 Å². The van der Waals surface area contributed by atoms with Gasteiger partial charge in [0.2, 0.25) is 5.88 Å². The van der Waals surface area contributed by atoms with Crippen molar-refractivity contribution in [3.63, 3.8) is 0 Å². The highest BCUT2D eigenvalue weighted by Gasteiger charge is 2.30. The second-order valence-corrected chi connectivity index (χ2v) is 9.87. The van der Waals surface area contributed by atoms with Gasteiger partial charge in [-0.25, -0.2) is 14.5 Å². The van der Waals surface area contributed by atoms with Crippen LogP contribution < -0.4 is 15.8 Å². The molecule has 10 heteroatoms. The maximum atomic E-state index is 13.4. The number of fused-ring (bicyclic) bond motifs is 1. The van der Waals surface area contributed by atoms with Crippen LogP contribution in [0.3, 0.4) is 0 Å². The Morgan fingerprint density at radius 1 is 1.11 bits per heavy atom. The van der Waals surface area contributed by atoms with Crippen LogP contribution in [0.15, 0.2) is 30.7 Å². The topological polar surface area (TPSA) is 126 Å². The Balaban J connectivity index is 1.28. The average Bonchev–Trinajstić information content (AvgIpc) is 3.26. The lowest BCUT2D eigenvalue weighted by Gasteiger charge is -2.36. The number of carbonyl (C=O) groups is 1. The molecule has 1 saturated heterocycles. The van der Waals surface area contributed by atoms with Gasteiger partial charge in [-0.15, -0.1) is 0 Å². The second kappa shape index (κ2) is 10.4. The smallest absolute Gasteiger partial charge is 0.253 e. The van der Waals surface area contributed by atoms with Crippen molar-refractivity contribution >= 4 is 17.2 Å². The van der Waals surface area contributed by atoms with Crippen molar-refractivity contribution in [2.45, 2.75) is 82.8 Å². The minimum absolute atomic E-state index is 0.0789. The number of pyridine rings is 1. The van der Waals surface area contributed by atoms with Crippen LogP contribution in [0.25, 0.3) is 16.8 Å². The van der Waals surface area contributed by atoms with E-state index in [0.29, 0.717) is 22.7 Å². The average molecular weight is 495 g/mol. The summed E-state index contributed by atoms with van der Waals surface area (Å²) in [6, 6.07) is 5.51. The van der Waals surface area contributed by atoms with Gasteiger partial charge in [-0.2, -0.15) is 5.10 Å². The number of amides is 1. The first-order valence-electron chi connectivity index (χ1n) is 12.7. The lowest BCUT2D eigenvalue weighted by Crippen LogP contribution is -2.41. The molecule has 5 rings (SSSR count). The number of nitrogens with two attached hydrogens (primary N) is 1. The summed E-state index contributed by atoms with van der Waals surface area (Å²) < 4.78 is 19.1. The second-order valence-electron chi connectivity index (χ2n) is 9.87. The van der Waals surface area contributed by atoms with Gasteiger partial charge in [-0.3, -0.25) is 4.79 Å². The van der Waals surface area contributed by atoms with E-state index in [1.165, 1.54) is 6.33 Å². The number of hydrogen-bond acceptors (Lipinski definition) is 8. The zero-order valence-electron chi connectivity index (χ0n) is 21.0. The largest absolute Gasteiger partial charge is 0.481 e. The first kappa shape index (κ1) is 24.5. The van der Waals surface area contributed by atoms with E-state index < -0.39 is 0 Å². The van der Waals surface area contributed by atoms with Crippen molar-refractivity contribution in [2.75, 3.05) is 12.8 Å². The quantitative estimate of drug-likeness (QED) is 0.534. The van der Waals surface area contributed by atoms with Crippen LogP contribution in [0.4, 0.5) is 5.82 Å². The van der Waals surface area contributed by atoms with Crippen molar-refractivity contribution in [3.05, 3.63) is 36.3 Å². The summed E-state index contributed by atoms with van der Waals surface area (Å²) in [6.07, 6.45) is 9.47. The van der Waals surface area contributed by atoms with Crippen molar-refractivity contribution in [2.24, 2.45) is 0 Å². The maximum absolute atomic E-state index is 13.4. The third-order valence-corrected chi connectivity index (χ3v) is 7.12. The van der Waals surface area contributed by atoms with Crippen LogP contribution in [0, 0.1) is 0 Å². The summed E-state index contributed by atoms with van der Waals surface area (Å²) in [6.45, 7) is 4.22. The van der Waals surface area contributed by atoms with Gasteiger partial charge in [0, 0.05) is 23.9 Å². The molecule has 2 fully saturated rings. The molecule has 0 radical (unpaired) electrons. The Hall–Kier alpha value is -3.24. The van der Waals surface area contributed by atoms with E-state index in [4.69, 9.17) is 19.9 Å². The third kappa shape index (κ3) is 5.15. The third-order valence-electron chi connectivity index (χ3n) is 7.12. The molecule has 36 heavy (non-hydrogen) atoms. The number of aromatic nitrogens is 4. The summed E-state index contributed by atoms with van der Waals surface area (Å²) in [4.78, 5) is 21.7. The number of nitrogen functional groups attached to an aromatic ring is 1. The highest BCUT2D eigenvalue weighted by Crippen LogP contribution is 2.31. The number of carbonyl (C=O) groups excluding carboxylic acids is 1. The standard InChI is InChI=1S/C26H34N6O4/c1-15-10-20(11-16(2)35-15)36-19-6-4-18(5-7-19)31-26(33)21-13-22(17-8-9-28-23(12-17)34-3)32-24(21)25(27)29-14-30-32/h8-9,12-16,18-20H,4-7,10-11H2,1-3H3,(H,31,33)(H2,27,29,30)/t15?,16?,18-,19-,20?. The van der Waals surface area contributed by atoms with E-state index in [1.807, 2.05) is 6.07 Å². The summed E-state index contributed by atoms with van der Waals surface area (Å²) in [5, 5.41) is 7.56. The number of methoxy groups -OCH3 is 1. The Labute approximate surface area is 210 Å². The van der Waals surface area contributed by atoms with Gasteiger partial charge < -0.3 is 25.3 Å². The zero-order chi connectivity index (χ0) is 25.2. The minimum atomic E-state index is -0.183. The lowest BCUT2D eigenvalue weighted by molar-refractivity contribution is -0.127. The maximum Gasteiger partial charge on any atom is 0.253 e. The van der Waals surface area contributed by atoms with Crippen molar-refractivity contribution < 1.29 is 19.0 Å². The molecule has 1 amide bonds. The van der Waals surface area contributed by atoms with Gasteiger partial charge in [0.25, 0.3) is 5.91 Å². The fraction of sp³-hybridized carbons (Fsp3) is 0.538. The molecule has 0 spiro atoms.